The summed E-state index contributed by atoms with van der Waals surface area (Å²) in [5.74, 6) is 0. The van der Waals surface area contributed by atoms with E-state index in [1.54, 1.807) is 22.2 Å². The fraction of sp³-hybridized carbons (Fsp3) is 0.462. The maximum Gasteiger partial charge on any atom is 0.244 e. The average molecular weight is 313 g/mol. The summed E-state index contributed by atoms with van der Waals surface area (Å²) in [5.41, 5.74) is 1.03. The quantitative estimate of drug-likeness (QED) is 0.923. The fourth-order valence-electron chi connectivity index (χ4n) is 2.10. The molecule has 2 rings (SSSR count). The second-order valence-corrected chi connectivity index (χ2v) is 7.92. The third-order valence-electron chi connectivity index (χ3n) is 3.12. The monoisotopic (exact) mass is 313 g/mol. The van der Waals surface area contributed by atoms with Crippen LogP contribution >= 0.6 is 11.3 Å². The van der Waals surface area contributed by atoms with Crippen molar-refractivity contribution in [1.82, 2.24) is 14.5 Å². The third-order valence-corrected chi connectivity index (χ3v) is 5.60. The summed E-state index contributed by atoms with van der Waals surface area (Å²) in [6, 6.07) is 1.78. The number of aryl methyl sites for hydroxylation is 3. The first-order valence-electron chi connectivity index (χ1n) is 6.45. The van der Waals surface area contributed by atoms with Gasteiger partial charge in [-0.15, -0.1) is 11.3 Å². The van der Waals surface area contributed by atoms with Gasteiger partial charge in [0.05, 0.1) is 6.20 Å². The van der Waals surface area contributed by atoms with Crippen molar-refractivity contribution in [3.63, 3.8) is 0 Å². The van der Waals surface area contributed by atoms with Gasteiger partial charge < -0.3 is 0 Å². The highest BCUT2D eigenvalue weighted by Crippen LogP contribution is 2.27. The molecule has 2 heterocycles. The Hall–Kier alpha value is -1.18. The Bertz CT molecular complexity index is 701. The molecule has 0 spiro atoms. The van der Waals surface area contributed by atoms with Crippen LogP contribution in [0, 0.1) is 13.8 Å². The largest absolute Gasteiger partial charge is 0.272 e. The molecule has 2 aromatic rings. The van der Waals surface area contributed by atoms with Crippen LogP contribution in [0.25, 0.3) is 0 Å². The molecular formula is C13H19N3O2S2. The van der Waals surface area contributed by atoms with Gasteiger partial charge in [-0.3, -0.25) is 4.68 Å². The lowest BCUT2D eigenvalue weighted by Crippen LogP contribution is -2.26. The molecule has 5 nitrogen and oxygen atoms in total. The molecule has 0 amide bonds. The molecular weight excluding hydrogens is 294 g/mol. The predicted molar refractivity (Wildman–Crippen MR) is 80.4 cm³/mol. The van der Waals surface area contributed by atoms with Crippen LogP contribution in [-0.2, 0) is 16.6 Å². The normalized spacial score (nSPS) is 13.6. The first-order valence-corrected chi connectivity index (χ1v) is 8.75. The van der Waals surface area contributed by atoms with Crippen LogP contribution in [0.4, 0.5) is 0 Å². The van der Waals surface area contributed by atoms with Gasteiger partial charge >= 0.3 is 0 Å². The minimum atomic E-state index is -3.53. The lowest BCUT2D eigenvalue weighted by atomic mass is 10.1. The van der Waals surface area contributed by atoms with Crippen molar-refractivity contribution >= 4 is 21.4 Å². The van der Waals surface area contributed by atoms with Crippen LogP contribution in [0.3, 0.4) is 0 Å². The Morgan fingerprint density at radius 2 is 2.15 bits per heavy atom. The zero-order chi connectivity index (χ0) is 14.9. The van der Waals surface area contributed by atoms with E-state index < -0.39 is 10.0 Å². The van der Waals surface area contributed by atoms with Crippen molar-refractivity contribution in [2.75, 3.05) is 0 Å². The molecule has 7 heteroatoms. The van der Waals surface area contributed by atoms with Crippen molar-refractivity contribution in [3.8, 4) is 0 Å². The molecule has 0 saturated heterocycles. The molecule has 0 aromatic carbocycles. The Kier molecular flexibility index (Phi) is 4.31. The van der Waals surface area contributed by atoms with E-state index in [-0.39, 0.29) is 10.9 Å². The number of hydrogen-bond donors (Lipinski definition) is 1. The third kappa shape index (κ3) is 3.11. The van der Waals surface area contributed by atoms with Crippen LogP contribution in [0.5, 0.6) is 0 Å². The second kappa shape index (κ2) is 5.67. The Morgan fingerprint density at radius 1 is 1.45 bits per heavy atom. The van der Waals surface area contributed by atoms with Gasteiger partial charge in [0.25, 0.3) is 0 Å². The van der Waals surface area contributed by atoms with Crippen molar-refractivity contribution in [3.05, 3.63) is 33.8 Å². The van der Waals surface area contributed by atoms with E-state index in [4.69, 9.17) is 0 Å². The zero-order valence-corrected chi connectivity index (χ0v) is 13.7. The smallest absolute Gasteiger partial charge is 0.244 e. The molecule has 0 radical (unpaired) electrons. The molecule has 2 aromatic heterocycles. The number of aromatic nitrogens is 2. The number of rotatable bonds is 5. The van der Waals surface area contributed by atoms with E-state index in [1.165, 1.54) is 11.1 Å². The molecule has 0 saturated carbocycles. The maximum absolute atomic E-state index is 12.3. The summed E-state index contributed by atoms with van der Waals surface area (Å²) < 4.78 is 28.9. The second-order valence-electron chi connectivity index (χ2n) is 4.74. The molecule has 1 N–H and O–H groups in total. The van der Waals surface area contributed by atoms with E-state index in [1.807, 2.05) is 33.8 Å². The SMILES string of the molecule is CCn1cc(S(=O)(=O)NC(C)c2cc(C)sc2C)cn1. The zero-order valence-electron chi connectivity index (χ0n) is 12.0. The van der Waals surface area contributed by atoms with Crippen LogP contribution in [0.2, 0.25) is 0 Å². The molecule has 0 aliphatic heterocycles. The number of nitrogens with one attached hydrogen (secondary N) is 1. The van der Waals surface area contributed by atoms with Gasteiger partial charge in [0, 0.05) is 28.5 Å². The van der Waals surface area contributed by atoms with Gasteiger partial charge in [-0.2, -0.15) is 5.10 Å². The van der Waals surface area contributed by atoms with E-state index >= 15 is 0 Å². The van der Waals surface area contributed by atoms with E-state index in [9.17, 15) is 8.42 Å². The van der Waals surface area contributed by atoms with Gasteiger partial charge in [0.1, 0.15) is 4.90 Å². The first kappa shape index (κ1) is 15.2. The highest BCUT2D eigenvalue weighted by atomic mass is 32.2. The molecule has 0 aliphatic rings. The molecule has 110 valence electrons. The summed E-state index contributed by atoms with van der Waals surface area (Å²) in [5, 5.41) is 4.00. The lowest BCUT2D eigenvalue weighted by molar-refractivity contribution is 0.566. The minimum Gasteiger partial charge on any atom is -0.272 e. The first-order chi connectivity index (χ1) is 9.33. The van der Waals surface area contributed by atoms with Crippen molar-refractivity contribution < 1.29 is 8.42 Å². The van der Waals surface area contributed by atoms with E-state index in [0.29, 0.717) is 6.54 Å². The summed E-state index contributed by atoms with van der Waals surface area (Å²) in [4.78, 5) is 2.53. The summed E-state index contributed by atoms with van der Waals surface area (Å²) in [7, 11) is -3.53. The van der Waals surface area contributed by atoms with Gasteiger partial charge in [-0.05, 0) is 39.3 Å². The lowest BCUT2D eigenvalue weighted by Gasteiger charge is -2.13. The van der Waals surface area contributed by atoms with Gasteiger partial charge in [0.15, 0.2) is 0 Å². The Morgan fingerprint density at radius 3 is 2.65 bits per heavy atom. The summed E-state index contributed by atoms with van der Waals surface area (Å²) in [6.07, 6.45) is 2.92. The molecule has 0 fully saturated rings. The number of thiophene rings is 1. The highest BCUT2D eigenvalue weighted by Gasteiger charge is 2.21. The number of nitrogens with zero attached hydrogens (tertiary/aromatic N) is 2. The van der Waals surface area contributed by atoms with E-state index in [2.05, 4.69) is 9.82 Å². The van der Waals surface area contributed by atoms with Crippen LogP contribution in [0.1, 0.15) is 35.2 Å². The maximum atomic E-state index is 12.3. The molecule has 20 heavy (non-hydrogen) atoms. The number of sulfonamides is 1. The Labute approximate surface area is 123 Å². The number of hydrogen-bond acceptors (Lipinski definition) is 4. The standard InChI is InChI=1S/C13H19N3O2S2/c1-5-16-8-12(7-14-16)20(17,18)15-10(3)13-6-9(2)19-11(13)4/h6-8,10,15H,5H2,1-4H3. The van der Waals surface area contributed by atoms with Crippen molar-refractivity contribution in [2.45, 2.75) is 45.2 Å². The summed E-state index contributed by atoms with van der Waals surface area (Å²) in [6.45, 7) is 8.45. The minimum absolute atomic E-state index is 0.204. The van der Waals surface area contributed by atoms with Crippen LogP contribution < -0.4 is 4.72 Å². The van der Waals surface area contributed by atoms with Gasteiger partial charge in [0.2, 0.25) is 10.0 Å². The fourth-order valence-corrected chi connectivity index (χ4v) is 4.30. The van der Waals surface area contributed by atoms with Gasteiger partial charge in [-0.1, -0.05) is 0 Å². The van der Waals surface area contributed by atoms with E-state index in [0.717, 1.165) is 10.4 Å². The molecule has 0 aliphatic carbocycles. The highest BCUT2D eigenvalue weighted by molar-refractivity contribution is 7.89. The van der Waals surface area contributed by atoms with Crippen molar-refractivity contribution in [2.24, 2.45) is 0 Å². The topological polar surface area (TPSA) is 64.0 Å². The van der Waals surface area contributed by atoms with Crippen molar-refractivity contribution in [1.29, 1.82) is 0 Å². The Balaban J connectivity index is 2.21. The van der Waals surface area contributed by atoms with Crippen LogP contribution in [0.15, 0.2) is 23.4 Å². The van der Waals surface area contributed by atoms with Crippen LogP contribution in [-0.4, -0.2) is 18.2 Å². The average Bonchev–Trinajstić information content (AvgIpc) is 2.95. The molecule has 0 bridgehead atoms. The predicted octanol–water partition coefficient (Wildman–Crippen LogP) is 2.62. The summed E-state index contributed by atoms with van der Waals surface area (Å²) >= 11 is 1.68. The molecule has 1 atom stereocenters. The van der Waals surface area contributed by atoms with Gasteiger partial charge in [-0.25, -0.2) is 13.1 Å². The molecule has 1 unspecified atom stereocenters.